The number of hydrogen-bond donors (Lipinski definition) is 2. The van der Waals surface area contributed by atoms with Gasteiger partial charge >= 0.3 is 0 Å². The standard InChI is InChI=1S/C13H19N5O2S/c1-10-13(12(8-14-2)17-16-10)21(19,20)18(3)9-11-5-4-6-15-7-11/h4-7,14H,8-9H2,1-3H3,(H,16,17). The third kappa shape index (κ3) is 3.29. The minimum Gasteiger partial charge on any atom is -0.314 e. The number of H-pyrrole nitrogens is 1. The quantitative estimate of drug-likeness (QED) is 0.818. The van der Waals surface area contributed by atoms with Gasteiger partial charge in [0.05, 0.1) is 11.4 Å². The van der Waals surface area contributed by atoms with Gasteiger partial charge in [0, 0.05) is 32.5 Å². The van der Waals surface area contributed by atoms with Crippen LogP contribution in [0, 0.1) is 6.92 Å². The Morgan fingerprint density at radius 1 is 1.43 bits per heavy atom. The number of hydrogen-bond acceptors (Lipinski definition) is 5. The van der Waals surface area contributed by atoms with Crippen LogP contribution in [0.2, 0.25) is 0 Å². The second-order valence-corrected chi connectivity index (χ2v) is 6.76. The van der Waals surface area contributed by atoms with Gasteiger partial charge in [-0.15, -0.1) is 0 Å². The van der Waals surface area contributed by atoms with E-state index in [2.05, 4.69) is 20.5 Å². The highest BCUT2D eigenvalue weighted by Gasteiger charge is 2.28. The second kappa shape index (κ2) is 6.33. The van der Waals surface area contributed by atoms with Crippen LogP contribution in [-0.2, 0) is 23.1 Å². The maximum absolute atomic E-state index is 12.7. The van der Waals surface area contributed by atoms with Crippen molar-refractivity contribution in [1.29, 1.82) is 0 Å². The molecule has 2 rings (SSSR count). The first kappa shape index (κ1) is 15.6. The summed E-state index contributed by atoms with van der Waals surface area (Å²) in [6, 6.07) is 3.63. The molecule has 0 aromatic carbocycles. The molecule has 2 aromatic rings. The molecule has 0 amide bonds. The maximum Gasteiger partial charge on any atom is 0.246 e. The van der Waals surface area contributed by atoms with Crippen LogP contribution in [0.3, 0.4) is 0 Å². The van der Waals surface area contributed by atoms with Gasteiger partial charge in [-0.1, -0.05) is 6.07 Å². The number of pyridine rings is 1. The highest BCUT2D eigenvalue weighted by molar-refractivity contribution is 7.89. The molecule has 0 aliphatic heterocycles. The van der Waals surface area contributed by atoms with Crippen LogP contribution in [0.15, 0.2) is 29.4 Å². The van der Waals surface area contributed by atoms with E-state index in [0.29, 0.717) is 17.9 Å². The summed E-state index contributed by atoms with van der Waals surface area (Å²) in [5, 5.41) is 9.72. The lowest BCUT2D eigenvalue weighted by Crippen LogP contribution is -2.28. The monoisotopic (exact) mass is 309 g/mol. The summed E-state index contributed by atoms with van der Waals surface area (Å²) in [5.74, 6) is 0. The van der Waals surface area contributed by atoms with Gasteiger partial charge in [0.2, 0.25) is 10.0 Å². The van der Waals surface area contributed by atoms with Crippen molar-refractivity contribution in [3.63, 3.8) is 0 Å². The van der Waals surface area contributed by atoms with Crippen LogP contribution in [0.1, 0.15) is 17.0 Å². The molecule has 0 aliphatic rings. The van der Waals surface area contributed by atoms with Crippen molar-refractivity contribution in [2.24, 2.45) is 0 Å². The molecule has 0 atom stereocenters. The van der Waals surface area contributed by atoms with Gasteiger partial charge in [0.25, 0.3) is 0 Å². The van der Waals surface area contributed by atoms with E-state index in [1.54, 1.807) is 39.5 Å². The smallest absolute Gasteiger partial charge is 0.246 e. The maximum atomic E-state index is 12.7. The van der Waals surface area contributed by atoms with E-state index < -0.39 is 10.0 Å². The summed E-state index contributed by atoms with van der Waals surface area (Å²) in [5.41, 5.74) is 1.87. The van der Waals surface area contributed by atoms with Gasteiger partial charge in [0.1, 0.15) is 4.90 Å². The Balaban J connectivity index is 2.31. The number of aromatic nitrogens is 3. The summed E-state index contributed by atoms with van der Waals surface area (Å²) in [6.07, 6.45) is 3.31. The SMILES string of the molecule is CNCc1n[nH]c(C)c1S(=O)(=O)N(C)Cc1cccnc1. The van der Waals surface area contributed by atoms with Gasteiger partial charge in [-0.3, -0.25) is 10.1 Å². The topological polar surface area (TPSA) is 91.0 Å². The first-order valence-corrected chi connectivity index (χ1v) is 7.94. The van der Waals surface area contributed by atoms with E-state index >= 15 is 0 Å². The zero-order valence-electron chi connectivity index (χ0n) is 12.3. The third-order valence-electron chi connectivity index (χ3n) is 3.10. The molecule has 0 spiro atoms. The van der Waals surface area contributed by atoms with Gasteiger partial charge in [0.15, 0.2) is 0 Å². The van der Waals surface area contributed by atoms with Crippen molar-refractivity contribution in [1.82, 2.24) is 24.8 Å². The minimum atomic E-state index is -3.61. The van der Waals surface area contributed by atoms with E-state index in [1.165, 1.54) is 4.31 Å². The molecule has 0 aliphatic carbocycles. The van der Waals surface area contributed by atoms with Crippen LogP contribution in [0.4, 0.5) is 0 Å². The van der Waals surface area contributed by atoms with Gasteiger partial charge in [-0.2, -0.15) is 9.40 Å². The van der Waals surface area contributed by atoms with Gasteiger partial charge in [-0.05, 0) is 25.6 Å². The Labute approximate surface area is 124 Å². The average Bonchev–Trinajstić information content (AvgIpc) is 2.82. The van der Waals surface area contributed by atoms with Crippen LogP contribution < -0.4 is 5.32 Å². The zero-order valence-corrected chi connectivity index (χ0v) is 13.1. The number of aromatic amines is 1. The summed E-state index contributed by atoms with van der Waals surface area (Å²) in [7, 11) is -0.302. The van der Waals surface area contributed by atoms with Crippen LogP contribution >= 0.6 is 0 Å². The van der Waals surface area contributed by atoms with Crippen molar-refractivity contribution in [3.05, 3.63) is 41.5 Å². The molecular formula is C13H19N5O2S. The van der Waals surface area contributed by atoms with E-state index in [0.717, 1.165) is 5.56 Å². The predicted molar refractivity (Wildman–Crippen MR) is 79.0 cm³/mol. The van der Waals surface area contributed by atoms with Crippen LogP contribution in [0.25, 0.3) is 0 Å². The van der Waals surface area contributed by atoms with Crippen LogP contribution in [-0.4, -0.2) is 42.0 Å². The number of nitrogens with one attached hydrogen (secondary N) is 2. The molecule has 7 nitrogen and oxygen atoms in total. The molecule has 114 valence electrons. The normalized spacial score (nSPS) is 12.0. The fourth-order valence-electron chi connectivity index (χ4n) is 2.09. The van der Waals surface area contributed by atoms with E-state index in [1.807, 2.05) is 6.07 Å². The highest BCUT2D eigenvalue weighted by atomic mass is 32.2. The fraction of sp³-hybridized carbons (Fsp3) is 0.385. The summed E-state index contributed by atoms with van der Waals surface area (Å²) in [6.45, 7) is 2.36. The molecule has 0 saturated carbocycles. The molecular weight excluding hydrogens is 290 g/mol. The lowest BCUT2D eigenvalue weighted by molar-refractivity contribution is 0.464. The fourth-order valence-corrected chi connectivity index (χ4v) is 3.57. The molecule has 0 saturated heterocycles. The van der Waals surface area contributed by atoms with Crippen molar-refractivity contribution >= 4 is 10.0 Å². The first-order valence-electron chi connectivity index (χ1n) is 6.50. The number of sulfonamides is 1. The number of aryl methyl sites for hydroxylation is 1. The van der Waals surface area contributed by atoms with Gasteiger partial charge in [-0.25, -0.2) is 8.42 Å². The Kier molecular flexibility index (Phi) is 4.71. The molecule has 0 radical (unpaired) electrons. The Morgan fingerprint density at radius 2 is 2.19 bits per heavy atom. The summed E-state index contributed by atoms with van der Waals surface area (Å²) in [4.78, 5) is 4.24. The second-order valence-electron chi connectivity index (χ2n) is 4.78. The molecule has 2 heterocycles. The van der Waals surface area contributed by atoms with Crippen LogP contribution in [0.5, 0.6) is 0 Å². The lowest BCUT2D eigenvalue weighted by atomic mass is 10.3. The Bertz CT molecular complexity index is 697. The number of rotatable bonds is 6. The van der Waals surface area contributed by atoms with E-state index in [-0.39, 0.29) is 11.4 Å². The molecule has 0 bridgehead atoms. The molecule has 8 heteroatoms. The predicted octanol–water partition coefficient (Wildman–Crippen LogP) is 0.653. The molecule has 0 fully saturated rings. The lowest BCUT2D eigenvalue weighted by Gasteiger charge is -2.17. The first-order chi connectivity index (χ1) is 9.96. The third-order valence-corrected chi connectivity index (χ3v) is 5.11. The molecule has 2 aromatic heterocycles. The molecule has 0 unspecified atom stereocenters. The number of nitrogens with zero attached hydrogens (tertiary/aromatic N) is 3. The van der Waals surface area contributed by atoms with Crippen molar-refractivity contribution < 1.29 is 8.42 Å². The highest BCUT2D eigenvalue weighted by Crippen LogP contribution is 2.22. The van der Waals surface area contributed by atoms with Crippen molar-refractivity contribution in [3.8, 4) is 0 Å². The van der Waals surface area contributed by atoms with Crippen molar-refractivity contribution in [2.45, 2.75) is 24.9 Å². The Morgan fingerprint density at radius 3 is 2.81 bits per heavy atom. The Hall–Kier alpha value is -1.77. The molecule has 21 heavy (non-hydrogen) atoms. The van der Waals surface area contributed by atoms with E-state index in [9.17, 15) is 8.42 Å². The van der Waals surface area contributed by atoms with Crippen molar-refractivity contribution in [2.75, 3.05) is 14.1 Å². The van der Waals surface area contributed by atoms with Gasteiger partial charge < -0.3 is 5.32 Å². The largest absolute Gasteiger partial charge is 0.314 e. The zero-order chi connectivity index (χ0) is 15.5. The minimum absolute atomic E-state index is 0.239. The van der Waals surface area contributed by atoms with E-state index in [4.69, 9.17) is 0 Å². The summed E-state index contributed by atoms with van der Waals surface area (Å²) < 4.78 is 26.8. The average molecular weight is 309 g/mol. The molecule has 2 N–H and O–H groups in total. The summed E-state index contributed by atoms with van der Waals surface area (Å²) >= 11 is 0.